The van der Waals surface area contributed by atoms with E-state index >= 15 is 0 Å². The van der Waals surface area contributed by atoms with Gasteiger partial charge in [0.15, 0.2) is 5.82 Å². The minimum atomic E-state index is -0.592. The summed E-state index contributed by atoms with van der Waals surface area (Å²) in [5.74, 6) is 0.183. The molecule has 0 bridgehead atoms. The summed E-state index contributed by atoms with van der Waals surface area (Å²) in [5, 5.41) is 10.3. The van der Waals surface area contributed by atoms with E-state index in [1.165, 1.54) is 5.56 Å². The number of urea groups is 1. The second kappa shape index (κ2) is 9.04. The summed E-state index contributed by atoms with van der Waals surface area (Å²) >= 11 is 0. The maximum Gasteiger partial charge on any atom is 0.318 e. The number of carbonyl (C=O) groups is 2. The van der Waals surface area contributed by atoms with Gasteiger partial charge in [-0.3, -0.25) is 4.79 Å². The molecule has 0 radical (unpaired) electrons. The molecule has 2 aromatic carbocycles. The van der Waals surface area contributed by atoms with Crippen LogP contribution in [0.25, 0.3) is 16.9 Å². The minimum Gasteiger partial charge on any atom is -0.324 e. The highest BCUT2D eigenvalue weighted by Gasteiger charge is 2.32. The van der Waals surface area contributed by atoms with Crippen LogP contribution in [0.15, 0.2) is 60.7 Å². The van der Waals surface area contributed by atoms with Crippen molar-refractivity contribution in [1.29, 1.82) is 0 Å². The van der Waals surface area contributed by atoms with E-state index < -0.39 is 6.04 Å². The molecule has 1 atom stereocenters. The molecule has 1 fully saturated rings. The Morgan fingerprint density at radius 1 is 1.13 bits per heavy atom. The van der Waals surface area contributed by atoms with E-state index in [-0.39, 0.29) is 11.9 Å². The van der Waals surface area contributed by atoms with Crippen LogP contribution in [0.2, 0.25) is 0 Å². The lowest BCUT2D eigenvalue weighted by molar-refractivity contribution is -0.117. The van der Waals surface area contributed by atoms with E-state index in [0.717, 1.165) is 29.8 Å². The van der Waals surface area contributed by atoms with Crippen LogP contribution in [0, 0.1) is 0 Å². The third-order valence-corrected chi connectivity index (χ3v) is 5.41. The van der Waals surface area contributed by atoms with Crippen molar-refractivity contribution in [2.45, 2.75) is 32.7 Å². The number of likely N-dealkylation sites (N-methyl/N-ethyl adjacent to an activating group) is 1. The van der Waals surface area contributed by atoms with Crippen LogP contribution in [0.4, 0.5) is 10.6 Å². The molecule has 1 aliphatic rings. The highest BCUT2D eigenvalue weighted by atomic mass is 16.2. The molecular formula is C24H27N5O2. The van der Waals surface area contributed by atoms with Gasteiger partial charge in [-0.15, -0.1) is 5.10 Å². The predicted octanol–water partition coefficient (Wildman–Crippen LogP) is 3.84. The standard InChI is InChI=1S/C24H27N5O2/c1-3-9-17-10-8-11-18(14-17)21-15-22(27-29(21)19-12-6-5-7-13-19)26-23(30)20-16-28(4-2)24(31)25-20/h5-8,10-15,20H,3-4,9,16H2,1-2H3,(H,25,31)(H,26,27,30)/t20-/m1/s1. The van der Waals surface area contributed by atoms with Crippen LogP contribution in [0.5, 0.6) is 0 Å². The summed E-state index contributed by atoms with van der Waals surface area (Å²) in [5.41, 5.74) is 4.10. The molecule has 0 aliphatic carbocycles. The molecule has 7 heteroatoms. The van der Waals surface area contributed by atoms with Crippen LogP contribution in [0.3, 0.4) is 0 Å². The van der Waals surface area contributed by atoms with Gasteiger partial charge in [0.05, 0.1) is 17.9 Å². The third-order valence-electron chi connectivity index (χ3n) is 5.41. The Hall–Kier alpha value is -3.61. The van der Waals surface area contributed by atoms with Crippen LogP contribution >= 0.6 is 0 Å². The molecule has 0 spiro atoms. The molecule has 1 aromatic heterocycles. The number of rotatable bonds is 7. The number of aromatic nitrogens is 2. The number of hydrogen-bond acceptors (Lipinski definition) is 3. The molecule has 1 saturated heterocycles. The first-order valence-electron chi connectivity index (χ1n) is 10.7. The van der Waals surface area contributed by atoms with E-state index in [1.54, 1.807) is 4.90 Å². The zero-order chi connectivity index (χ0) is 21.8. The zero-order valence-electron chi connectivity index (χ0n) is 17.8. The van der Waals surface area contributed by atoms with Crippen molar-refractivity contribution in [2.24, 2.45) is 0 Å². The molecule has 7 nitrogen and oxygen atoms in total. The van der Waals surface area contributed by atoms with Crippen molar-refractivity contribution in [3.05, 3.63) is 66.2 Å². The lowest BCUT2D eigenvalue weighted by Crippen LogP contribution is -2.38. The molecular weight excluding hydrogens is 390 g/mol. The van der Waals surface area contributed by atoms with Crippen molar-refractivity contribution in [1.82, 2.24) is 20.0 Å². The smallest absolute Gasteiger partial charge is 0.318 e. The monoisotopic (exact) mass is 417 g/mol. The zero-order valence-corrected chi connectivity index (χ0v) is 17.8. The first-order chi connectivity index (χ1) is 15.1. The number of carbonyl (C=O) groups excluding carboxylic acids is 2. The number of aryl methyl sites for hydroxylation is 1. The Kier molecular flexibility index (Phi) is 6.02. The first-order valence-corrected chi connectivity index (χ1v) is 10.7. The largest absolute Gasteiger partial charge is 0.324 e. The molecule has 0 saturated carbocycles. The van der Waals surface area contributed by atoms with Gasteiger partial charge in [-0.25, -0.2) is 9.48 Å². The van der Waals surface area contributed by atoms with Crippen LogP contribution < -0.4 is 10.6 Å². The van der Waals surface area contributed by atoms with Gasteiger partial charge in [-0.2, -0.15) is 0 Å². The van der Waals surface area contributed by atoms with Crippen LogP contribution in [-0.2, 0) is 11.2 Å². The molecule has 2 N–H and O–H groups in total. The molecule has 3 aromatic rings. The fourth-order valence-electron chi connectivity index (χ4n) is 3.81. The van der Waals surface area contributed by atoms with E-state index in [4.69, 9.17) is 0 Å². The lowest BCUT2D eigenvalue weighted by Gasteiger charge is -2.10. The van der Waals surface area contributed by atoms with Gasteiger partial charge in [-0.1, -0.05) is 49.7 Å². The fraction of sp³-hybridized carbons (Fsp3) is 0.292. The Bertz CT molecular complexity index is 1080. The Labute approximate surface area is 182 Å². The lowest BCUT2D eigenvalue weighted by atomic mass is 10.0. The van der Waals surface area contributed by atoms with E-state index in [1.807, 2.05) is 54.1 Å². The Balaban J connectivity index is 1.65. The van der Waals surface area contributed by atoms with Crippen LogP contribution in [-0.4, -0.2) is 45.8 Å². The van der Waals surface area contributed by atoms with Gasteiger partial charge in [0, 0.05) is 18.2 Å². The quantitative estimate of drug-likeness (QED) is 0.613. The van der Waals surface area contributed by atoms with Crippen molar-refractivity contribution in [3.8, 4) is 16.9 Å². The van der Waals surface area contributed by atoms with Gasteiger partial charge in [0.25, 0.3) is 0 Å². The number of anilines is 1. The van der Waals surface area contributed by atoms with E-state index in [2.05, 4.69) is 40.9 Å². The molecule has 2 heterocycles. The predicted molar refractivity (Wildman–Crippen MR) is 121 cm³/mol. The van der Waals surface area contributed by atoms with Gasteiger partial charge >= 0.3 is 6.03 Å². The summed E-state index contributed by atoms with van der Waals surface area (Å²) in [6.07, 6.45) is 2.08. The summed E-state index contributed by atoms with van der Waals surface area (Å²) in [7, 11) is 0. The molecule has 1 aliphatic heterocycles. The molecule has 3 amide bonds. The Morgan fingerprint density at radius 2 is 1.94 bits per heavy atom. The summed E-state index contributed by atoms with van der Waals surface area (Å²) in [4.78, 5) is 26.3. The number of para-hydroxylation sites is 1. The van der Waals surface area contributed by atoms with Gasteiger partial charge < -0.3 is 15.5 Å². The SMILES string of the molecule is CCCc1cccc(-c2cc(NC(=O)[C@H]3CN(CC)C(=O)N3)nn2-c2ccccc2)c1. The Morgan fingerprint density at radius 3 is 2.65 bits per heavy atom. The van der Waals surface area contributed by atoms with Crippen molar-refractivity contribution in [3.63, 3.8) is 0 Å². The topological polar surface area (TPSA) is 79.3 Å². The summed E-state index contributed by atoms with van der Waals surface area (Å²) < 4.78 is 1.84. The fourth-order valence-corrected chi connectivity index (χ4v) is 3.81. The van der Waals surface area contributed by atoms with Gasteiger partial charge in [0.1, 0.15) is 6.04 Å². The maximum atomic E-state index is 12.8. The van der Waals surface area contributed by atoms with Gasteiger partial charge in [-0.05, 0) is 37.1 Å². The van der Waals surface area contributed by atoms with Crippen molar-refractivity contribution in [2.75, 3.05) is 18.4 Å². The molecule has 0 unspecified atom stereocenters. The highest BCUT2D eigenvalue weighted by Crippen LogP contribution is 2.27. The average molecular weight is 418 g/mol. The molecule has 4 rings (SSSR count). The number of hydrogen-bond donors (Lipinski definition) is 2. The summed E-state index contributed by atoms with van der Waals surface area (Å²) in [6, 6.07) is 19.3. The van der Waals surface area contributed by atoms with Crippen molar-refractivity contribution >= 4 is 17.8 Å². The second-order valence-corrected chi connectivity index (χ2v) is 7.64. The number of benzene rings is 2. The summed E-state index contributed by atoms with van der Waals surface area (Å²) in [6.45, 7) is 4.97. The number of amides is 3. The first kappa shape index (κ1) is 20.7. The van der Waals surface area contributed by atoms with E-state index in [0.29, 0.717) is 18.9 Å². The molecule has 31 heavy (non-hydrogen) atoms. The normalized spacial score (nSPS) is 15.7. The maximum absolute atomic E-state index is 12.8. The van der Waals surface area contributed by atoms with Gasteiger partial charge in [0.2, 0.25) is 5.91 Å². The third kappa shape index (κ3) is 4.45. The minimum absolute atomic E-state index is 0.217. The second-order valence-electron chi connectivity index (χ2n) is 7.64. The number of nitrogens with one attached hydrogen (secondary N) is 2. The van der Waals surface area contributed by atoms with E-state index in [9.17, 15) is 9.59 Å². The average Bonchev–Trinajstić information content (AvgIpc) is 3.38. The molecule has 160 valence electrons. The van der Waals surface area contributed by atoms with Crippen LogP contribution in [0.1, 0.15) is 25.8 Å². The number of nitrogens with zero attached hydrogens (tertiary/aromatic N) is 3. The van der Waals surface area contributed by atoms with Crippen molar-refractivity contribution < 1.29 is 9.59 Å². The highest BCUT2D eigenvalue weighted by molar-refractivity contribution is 5.98.